The third kappa shape index (κ3) is 4.19. The topological polar surface area (TPSA) is 52.7 Å². The van der Waals surface area contributed by atoms with Crippen molar-refractivity contribution in [3.05, 3.63) is 59.7 Å². The first-order valence-corrected chi connectivity index (χ1v) is 10.2. The number of benzene rings is 2. The number of carbonyl (C=O) groups is 2. The SMILES string of the molecule is O=C(Cc1ccc(NC(=O)N2CCCCc3ccccc32)cc1)N1CCCC1. The van der Waals surface area contributed by atoms with Crippen LogP contribution >= 0.6 is 0 Å². The van der Waals surface area contributed by atoms with E-state index in [0.29, 0.717) is 6.42 Å². The van der Waals surface area contributed by atoms with E-state index in [1.807, 2.05) is 52.3 Å². The van der Waals surface area contributed by atoms with Crippen LogP contribution in [0.25, 0.3) is 0 Å². The van der Waals surface area contributed by atoms with E-state index >= 15 is 0 Å². The zero-order chi connectivity index (χ0) is 19.3. The number of aryl methyl sites for hydroxylation is 1. The average Bonchev–Trinajstić information content (AvgIpc) is 3.16. The molecule has 0 spiro atoms. The number of fused-ring (bicyclic) bond motifs is 1. The van der Waals surface area contributed by atoms with Crippen LogP contribution in [0.1, 0.15) is 36.8 Å². The number of carbonyl (C=O) groups excluding carboxylic acids is 2. The zero-order valence-electron chi connectivity index (χ0n) is 16.2. The summed E-state index contributed by atoms with van der Waals surface area (Å²) in [5.41, 5.74) is 3.97. The number of nitrogens with zero attached hydrogens (tertiary/aromatic N) is 2. The molecule has 0 radical (unpaired) electrons. The fourth-order valence-electron chi connectivity index (χ4n) is 4.05. The maximum absolute atomic E-state index is 12.9. The number of para-hydroxylation sites is 1. The molecule has 0 atom stereocenters. The molecule has 2 aromatic carbocycles. The quantitative estimate of drug-likeness (QED) is 0.870. The van der Waals surface area contributed by atoms with Gasteiger partial charge < -0.3 is 10.2 Å². The molecule has 4 rings (SSSR count). The van der Waals surface area contributed by atoms with Gasteiger partial charge in [0.1, 0.15) is 0 Å². The van der Waals surface area contributed by atoms with Gasteiger partial charge in [-0.05, 0) is 61.4 Å². The Morgan fingerprint density at radius 2 is 1.57 bits per heavy atom. The van der Waals surface area contributed by atoms with Crippen LogP contribution < -0.4 is 10.2 Å². The summed E-state index contributed by atoms with van der Waals surface area (Å²) in [6.07, 6.45) is 5.75. The predicted octanol–water partition coefficient (Wildman–Crippen LogP) is 4.23. The summed E-state index contributed by atoms with van der Waals surface area (Å²) < 4.78 is 0. The number of anilines is 2. The fourth-order valence-corrected chi connectivity index (χ4v) is 4.05. The number of amides is 3. The molecule has 0 aliphatic carbocycles. The van der Waals surface area contributed by atoms with Gasteiger partial charge in [0, 0.05) is 31.0 Å². The Hall–Kier alpha value is -2.82. The normalized spacial score (nSPS) is 16.4. The molecule has 3 amide bonds. The van der Waals surface area contributed by atoms with Gasteiger partial charge in [-0.2, -0.15) is 0 Å². The Balaban J connectivity index is 1.40. The summed E-state index contributed by atoms with van der Waals surface area (Å²) >= 11 is 0. The van der Waals surface area contributed by atoms with Crippen LogP contribution in [-0.2, 0) is 17.6 Å². The van der Waals surface area contributed by atoms with E-state index in [-0.39, 0.29) is 11.9 Å². The lowest BCUT2D eigenvalue weighted by Crippen LogP contribution is -2.35. The summed E-state index contributed by atoms with van der Waals surface area (Å²) in [7, 11) is 0. The van der Waals surface area contributed by atoms with Gasteiger partial charge in [-0.1, -0.05) is 30.3 Å². The predicted molar refractivity (Wildman–Crippen MR) is 112 cm³/mol. The first-order valence-electron chi connectivity index (χ1n) is 10.2. The summed E-state index contributed by atoms with van der Waals surface area (Å²) in [5.74, 6) is 0.190. The highest BCUT2D eigenvalue weighted by Crippen LogP contribution is 2.26. The van der Waals surface area contributed by atoms with Crippen LogP contribution in [-0.4, -0.2) is 36.5 Å². The van der Waals surface area contributed by atoms with E-state index < -0.39 is 0 Å². The minimum absolute atomic E-state index is 0.102. The third-order valence-corrected chi connectivity index (χ3v) is 5.62. The van der Waals surface area contributed by atoms with Crippen LogP contribution in [0.15, 0.2) is 48.5 Å². The van der Waals surface area contributed by atoms with Crippen molar-refractivity contribution in [2.45, 2.75) is 38.5 Å². The van der Waals surface area contributed by atoms with E-state index in [0.717, 1.165) is 68.7 Å². The van der Waals surface area contributed by atoms with Gasteiger partial charge in [0.15, 0.2) is 0 Å². The summed E-state index contributed by atoms with van der Waals surface area (Å²) in [6.45, 7) is 2.49. The highest BCUT2D eigenvalue weighted by atomic mass is 16.2. The van der Waals surface area contributed by atoms with Crippen molar-refractivity contribution in [3.8, 4) is 0 Å². The molecule has 28 heavy (non-hydrogen) atoms. The summed E-state index contributed by atoms with van der Waals surface area (Å²) in [6, 6.07) is 15.7. The molecule has 0 bridgehead atoms. The number of likely N-dealkylation sites (tertiary alicyclic amines) is 1. The molecule has 5 nitrogen and oxygen atoms in total. The van der Waals surface area contributed by atoms with Gasteiger partial charge in [0.05, 0.1) is 6.42 Å². The molecule has 0 unspecified atom stereocenters. The van der Waals surface area contributed by atoms with Crippen molar-refractivity contribution in [2.24, 2.45) is 0 Å². The monoisotopic (exact) mass is 377 g/mol. The van der Waals surface area contributed by atoms with E-state index in [9.17, 15) is 9.59 Å². The van der Waals surface area contributed by atoms with Gasteiger partial charge in [0.25, 0.3) is 0 Å². The second kappa shape index (κ2) is 8.46. The van der Waals surface area contributed by atoms with Crippen molar-refractivity contribution in [3.63, 3.8) is 0 Å². The maximum atomic E-state index is 12.9. The van der Waals surface area contributed by atoms with Crippen LogP contribution in [0.3, 0.4) is 0 Å². The third-order valence-electron chi connectivity index (χ3n) is 5.62. The summed E-state index contributed by atoms with van der Waals surface area (Å²) in [5, 5.41) is 3.01. The molecule has 2 aliphatic rings. The number of hydrogen-bond acceptors (Lipinski definition) is 2. The molecular formula is C23H27N3O2. The van der Waals surface area contributed by atoms with Gasteiger partial charge in [0.2, 0.25) is 5.91 Å². The minimum Gasteiger partial charge on any atom is -0.342 e. The number of urea groups is 1. The minimum atomic E-state index is -0.102. The Morgan fingerprint density at radius 3 is 2.36 bits per heavy atom. The highest BCUT2D eigenvalue weighted by Gasteiger charge is 2.21. The highest BCUT2D eigenvalue weighted by molar-refractivity contribution is 6.02. The average molecular weight is 377 g/mol. The van der Waals surface area contributed by atoms with Crippen LogP contribution in [0, 0.1) is 0 Å². The lowest BCUT2D eigenvalue weighted by atomic mass is 10.1. The molecule has 146 valence electrons. The second-order valence-electron chi connectivity index (χ2n) is 7.63. The van der Waals surface area contributed by atoms with Crippen molar-refractivity contribution in [2.75, 3.05) is 29.9 Å². The molecular weight excluding hydrogens is 350 g/mol. The molecule has 1 N–H and O–H groups in total. The first-order chi connectivity index (χ1) is 13.7. The lowest BCUT2D eigenvalue weighted by molar-refractivity contribution is -0.129. The molecule has 2 aliphatic heterocycles. The fraction of sp³-hybridized carbons (Fsp3) is 0.391. The Kier molecular flexibility index (Phi) is 5.60. The second-order valence-corrected chi connectivity index (χ2v) is 7.63. The van der Waals surface area contributed by atoms with Gasteiger partial charge >= 0.3 is 6.03 Å². The van der Waals surface area contributed by atoms with Crippen molar-refractivity contribution >= 4 is 23.3 Å². The smallest absolute Gasteiger partial charge is 0.326 e. The number of hydrogen-bond donors (Lipinski definition) is 1. The Labute approximate surface area is 166 Å². The Bertz CT molecular complexity index is 841. The lowest BCUT2D eigenvalue weighted by Gasteiger charge is -2.23. The molecule has 2 aromatic rings. The van der Waals surface area contributed by atoms with Crippen molar-refractivity contribution < 1.29 is 9.59 Å². The van der Waals surface area contributed by atoms with E-state index in [1.54, 1.807) is 0 Å². The number of rotatable bonds is 3. The van der Waals surface area contributed by atoms with Crippen LogP contribution in [0.2, 0.25) is 0 Å². The summed E-state index contributed by atoms with van der Waals surface area (Å²) in [4.78, 5) is 28.9. The molecule has 5 heteroatoms. The van der Waals surface area contributed by atoms with E-state index in [2.05, 4.69) is 11.4 Å². The zero-order valence-corrected chi connectivity index (χ0v) is 16.2. The first kappa shape index (κ1) is 18.5. The molecule has 0 aromatic heterocycles. The molecule has 1 saturated heterocycles. The largest absolute Gasteiger partial charge is 0.342 e. The molecule has 2 heterocycles. The Morgan fingerprint density at radius 1 is 0.857 bits per heavy atom. The standard InChI is InChI=1S/C23H27N3O2/c27-22(25-14-5-6-15-25)17-18-10-12-20(13-11-18)24-23(28)26-16-4-3-8-19-7-1-2-9-21(19)26/h1-2,7,9-13H,3-6,8,14-17H2,(H,24,28). The van der Waals surface area contributed by atoms with Crippen LogP contribution in [0.5, 0.6) is 0 Å². The van der Waals surface area contributed by atoms with E-state index in [1.165, 1.54) is 5.56 Å². The number of nitrogens with one attached hydrogen (secondary N) is 1. The molecule has 1 fully saturated rings. The van der Waals surface area contributed by atoms with Gasteiger partial charge in [-0.15, -0.1) is 0 Å². The van der Waals surface area contributed by atoms with Crippen molar-refractivity contribution in [1.82, 2.24) is 4.90 Å². The van der Waals surface area contributed by atoms with E-state index in [4.69, 9.17) is 0 Å². The van der Waals surface area contributed by atoms with Gasteiger partial charge in [-0.25, -0.2) is 4.79 Å². The van der Waals surface area contributed by atoms with Crippen molar-refractivity contribution in [1.29, 1.82) is 0 Å². The molecule has 0 saturated carbocycles. The maximum Gasteiger partial charge on any atom is 0.326 e. The van der Waals surface area contributed by atoms with Crippen LogP contribution in [0.4, 0.5) is 16.2 Å². The van der Waals surface area contributed by atoms with Gasteiger partial charge in [-0.3, -0.25) is 9.69 Å².